The summed E-state index contributed by atoms with van der Waals surface area (Å²) in [5.41, 5.74) is 4.97. The van der Waals surface area contributed by atoms with Gasteiger partial charge in [-0.1, -0.05) is 31.8 Å². The van der Waals surface area contributed by atoms with Gasteiger partial charge < -0.3 is 20.9 Å². The molecule has 6 heteroatoms. The maximum absolute atomic E-state index is 13.1. The van der Waals surface area contributed by atoms with Crippen molar-refractivity contribution in [2.24, 2.45) is 16.3 Å². The number of aliphatic hydroxyl groups is 1. The van der Waals surface area contributed by atoms with Gasteiger partial charge in [-0.2, -0.15) is 0 Å². The number of likely N-dealkylation sites (tertiary alicyclic amines) is 1. The number of piperidine rings is 1. The van der Waals surface area contributed by atoms with E-state index in [-0.39, 0.29) is 24.4 Å². The van der Waals surface area contributed by atoms with Crippen LogP contribution in [-0.4, -0.2) is 46.1 Å². The predicted molar refractivity (Wildman–Crippen MR) is 82.1 cm³/mol. The number of aliphatic hydroxyl groups excluding tert-OH is 1. The van der Waals surface area contributed by atoms with Crippen LogP contribution in [0.3, 0.4) is 0 Å². The third-order valence-corrected chi connectivity index (χ3v) is 4.46. The topological polar surface area (TPSA) is 99.2 Å². The van der Waals surface area contributed by atoms with Gasteiger partial charge in [0.15, 0.2) is 5.84 Å². The fourth-order valence-electron chi connectivity index (χ4n) is 3.39. The van der Waals surface area contributed by atoms with Crippen molar-refractivity contribution in [1.82, 2.24) is 4.90 Å². The summed E-state index contributed by atoms with van der Waals surface area (Å²) in [6.07, 6.45) is 5.44. The second-order valence-corrected chi connectivity index (χ2v) is 5.90. The van der Waals surface area contributed by atoms with Gasteiger partial charge >= 0.3 is 0 Å². The second-order valence-electron chi connectivity index (χ2n) is 5.90. The highest BCUT2D eigenvalue weighted by molar-refractivity contribution is 6.06. The van der Waals surface area contributed by atoms with Gasteiger partial charge in [0.25, 0.3) is 0 Å². The van der Waals surface area contributed by atoms with Crippen molar-refractivity contribution >= 4 is 11.7 Å². The molecule has 0 bridgehead atoms. The average Bonchev–Trinajstić information content (AvgIpc) is 2.52. The number of amides is 1. The quantitative estimate of drug-likeness (QED) is 0.288. The Bertz CT molecular complexity index is 365. The van der Waals surface area contributed by atoms with Gasteiger partial charge in [0.1, 0.15) is 5.41 Å². The molecule has 1 atom stereocenters. The van der Waals surface area contributed by atoms with E-state index in [2.05, 4.69) is 5.16 Å². The van der Waals surface area contributed by atoms with E-state index in [4.69, 9.17) is 10.9 Å². The summed E-state index contributed by atoms with van der Waals surface area (Å²) in [5.74, 6) is -0.0984. The Labute approximate surface area is 127 Å². The standard InChI is InChI=1S/C15H29N3O3/c1-3-8-15(9-4-2,13(16)17-21)14(20)18-10-6-5-7-12(18)11-19/h12,19,21H,3-11H2,1-2H3,(H2,16,17). The van der Waals surface area contributed by atoms with Gasteiger partial charge in [-0.05, 0) is 32.1 Å². The first-order valence-electron chi connectivity index (χ1n) is 7.97. The van der Waals surface area contributed by atoms with Crippen molar-refractivity contribution in [1.29, 1.82) is 0 Å². The van der Waals surface area contributed by atoms with Crippen LogP contribution in [0.25, 0.3) is 0 Å². The molecular formula is C15H29N3O3. The minimum absolute atomic E-state index is 0.00142. The lowest BCUT2D eigenvalue weighted by atomic mass is 9.76. The summed E-state index contributed by atoms with van der Waals surface area (Å²) in [5, 5.41) is 21.8. The molecule has 0 aromatic carbocycles. The molecule has 0 aliphatic carbocycles. The van der Waals surface area contributed by atoms with E-state index in [1.54, 1.807) is 4.90 Å². The average molecular weight is 299 g/mol. The summed E-state index contributed by atoms with van der Waals surface area (Å²) in [6.45, 7) is 4.58. The van der Waals surface area contributed by atoms with Crippen LogP contribution in [0.2, 0.25) is 0 Å². The number of nitrogens with two attached hydrogens (primary N) is 1. The molecule has 1 aliphatic rings. The van der Waals surface area contributed by atoms with Crippen LogP contribution in [0.4, 0.5) is 0 Å². The molecule has 0 spiro atoms. The normalized spacial score (nSPS) is 20.6. The minimum Gasteiger partial charge on any atom is -0.409 e. The summed E-state index contributed by atoms with van der Waals surface area (Å²) < 4.78 is 0. The largest absolute Gasteiger partial charge is 0.409 e. The maximum atomic E-state index is 13.1. The summed E-state index contributed by atoms with van der Waals surface area (Å²) in [6, 6.07) is -0.147. The van der Waals surface area contributed by atoms with Crippen molar-refractivity contribution in [3.63, 3.8) is 0 Å². The number of rotatable bonds is 7. The Morgan fingerprint density at radius 2 is 1.95 bits per heavy atom. The zero-order chi connectivity index (χ0) is 15.9. The first-order valence-corrected chi connectivity index (χ1v) is 7.97. The minimum atomic E-state index is -0.941. The molecule has 1 saturated heterocycles. The number of amidine groups is 1. The first-order chi connectivity index (χ1) is 10.1. The van der Waals surface area contributed by atoms with E-state index in [1.807, 2.05) is 13.8 Å². The van der Waals surface area contributed by atoms with Gasteiger partial charge in [-0.15, -0.1) is 0 Å². The molecule has 1 unspecified atom stereocenters. The number of oxime groups is 1. The van der Waals surface area contributed by atoms with E-state index in [1.165, 1.54) is 0 Å². The number of hydrogen-bond donors (Lipinski definition) is 3. The highest BCUT2D eigenvalue weighted by Gasteiger charge is 2.45. The fraction of sp³-hybridized carbons (Fsp3) is 0.867. The third-order valence-electron chi connectivity index (χ3n) is 4.46. The van der Waals surface area contributed by atoms with Crippen LogP contribution in [0.1, 0.15) is 58.8 Å². The van der Waals surface area contributed by atoms with E-state index >= 15 is 0 Å². The molecule has 0 aromatic heterocycles. The van der Waals surface area contributed by atoms with Crippen molar-refractivity contribution in [2.75, 3.05) is 13.2 Å². The lowest BCUT2D eigenvalue weighted by Gasteiger charge is -2.41. The smallest absolute Gasteiger partial charge is 0.236 e. The Morgan fingerprint density at radius 1 is 1.33 bits per heavy atom. The molecule has 0 aromatic rings. The molecule has 0 radical (unpaired) electrons. The zero-order valence-electron chi connectivity index (χ0n) is 13.2. The monoisotopic (exact) mass is 299 g/mol. The Morgan fingerprint density at radius 3 is 2.43 bits per heavy atom. The van der Waals surface area contributed by atoms with Gasteiger partial charge in [0.05, 0.1) is 12.6 Å². The molecule has 1 heterocycles. The lowest BCUT2D eigenvalue weighted by Crippen LogP contribution is -2.56. The summed E-state index contributed by atoms with van der Waals surface area (Å²) >= 11 is 0. The van der Waals surface area contributed by atoms with Crippen molar-refractivity contribution in [3.8, 4) is 0 Å². The van der Waals surface area contributed by atoms with Crippen LogP contribution in [-0.2, 0) is 4.79 Å². The van der Waals surface area contributed by atoms with Crippen LogP contribution in [0.5, 0.6) is 0 Å². The number of carbonyl (C=O) groups excluding carboxylic acids is 1. The summed E-state index contributed by atoms with van der Waals surface area (Å²) in [4.78, 5) is 14.9. The Kier molecular flexibility index (Phi) is 6.95. The maximum Gasteiger partial charge on any atom is 0.236 e. The van der Waals surface area contributed by atoms with E-state index in [9.17, 15) is 9.90 Å². The molecule has 0 saturated carbocycles. The van der Waals surface area contributed by atoms with E-state index < -0.39 is 5.41 Å². The number of carbonyl (C=O) groups is 1. The van der Waals surface area contributed by atoms with Crippen LogP contribution in [0.15, 0.2) is 5.16 Å². The second kappa shape index (κ2) is 8.22. The molecule has 4 N–H and O–H groups in total. The van der Waals surface area contributed by atoms with Crippen LogP contribution in [0, 0.1) is 5.41 Å². The Balaban J connectivity index is 3.13. The molecule has 1 rings (SSSR count). The first kappa shape index (κ1) is 17.8. The molecule has 6 nitrogen and oxygen atoms in total. The fourth-order valence-corrected chi connectivity index (χ4v) is 3.39. The van der Waals surface area contributed by atoms with E-state index in [0.29, 0.717) is 19.4 Å². The van der Waals surface area contributed by atoms with Gasteiger partial charge in [-0.3, -0.25) is 4.79 Å². The SMILES string of the molecule is CCCC(CCC)(C(=O)N1CCCCC1CO)C(N)=NO. The highest BCUT2D eigenvalue weighted by Crippen LogP contribution is 2.35. The molecular weight excluding hydrogens is 270 g/mol. The highest BCUT2D eigenvalue weighted by atomic mass is 16.4. The third kappa shape index (κ3) is 3.67. The van der Waals surface area contributed by atoms with Gasteiger partial charge in [-0.25, -0.2) is 0 Å². The lowest BCUT2D eigenvalue weighted by molar-refractivity contribution is -0.144. The predicted octanol–water partition coefficient (Wildman–Crippen LogP) is 1.69. The number of hydrogen-bond acceptors (Lipinski definition) is 4. The van der Waals surface area contributed by atoms with Gasteiger partial charge in [0, 0.05) is 6.54 Å². The molecule has 122 valence electrons. The van der Waals surface area contributed by atoms with Crippen molar-refractivity contribution in [3.05, 3.63) is 0 Å². The molecule has 1 fully saturated rings. The van der Waals surface area contributed by atoms with E-state index in [0.717, 1.165) is 32.1 Å². The van der Waals surface area contributed by atoms with Gasteiger partial charge in [0.2, 0.25) is 5.91 Å². The molecule has 21 heavy (non-hydrogen) atoms. The van der Waals surface area contributed by atoms with Crippen molar-refractivity contribution < 1.29 is 15.1 Å². The van der Waals surface area contributed by atoms with Crippen LogP contribution < -0.4 is 5.73 Å². The Hall–Kier alpha value is -1.30. The zero-order valence-corrected chi connectivity index (χ0v) is 13.2. The van der Waals surface area contributed by atoms with Crippen molar-refractivity contribution in [2.45, 2.75) is 64.8 Å². The number of nitrogens with zero attached hydrogens (tertiary/aromatic N) is 2. The molecule has 1 aliphatic heterocycles. The van der Waals surface area contributed by atoms with Crippen LogP contribution >= 0.6 is 0 Å². The summed E-state index contributed by atoms with van der Waals surface area (Å²) in [7, 11) is 0. The molecule has 1 amide bonds.